The van der Waals surface area contributed by atoms with Crippen LogP contribution < -0.4 is 0 Å². The number of aliphatic hydroxyl groups excluding tert-OH is 1. The Morgan fingerprint density at radius 3 is 2.76 bits per heavy atom. The van der Waals surface area contributed by atoms with Crippen LogP contribution in [0.1, 0.15) is 58.8 Å². The number of hydrogen-bond acceptors (Lipinski definition) is 4. The van der Waals surface area contributed by atoms with Crippen molar-refractivity contribution in [2.24, 2.45) is 0 Å². The predicted octanol–water partition coefficient (Wildman–Crippen LogP) is 2.21. The summed E-state index contributed by atoms with van der Waals surface area (Å²) >= 11 is 0. The molecule has 5 nitrogen and oxygen atoms in total. The molecule has 1 aliphatic heterocycles. The fraction of sp³-hybridized carbons (Fsp3) is 0.850. The molecule has 0 unspecified atom stereocenters. The zero-order valence-electron chi connectivity index (χ0n) is 16.0. The summed E-state index contributed by atoms with van der Waals surface area (Å²) in [5, 5.41) is 9.69. The van der Waals surface area contributed by atoms with Crippen LogP contribution in [-0.4, -0.2) is 76.6 Å². The second kappa shape index (κ2) is 8.65. The number of carbonyl (C=O) groups excluding carboxylic acids is 1. The van der Waals surface area contributed by atoms with Crippen LogP contribution in [0.15, 0.2) is 11.8 Å². The van der Waals surface area contributed by atoms with E-state index in [1.807, 2.05) is 6.92 Å². The van der Waals surface area contributed by atoms with E-state index in [0.717, 1.165) is 45.4 Å². The first kappa shape index (κ1) is 18.9. The Labute approximate surface area is 152 Å². The van der Waals surface area contributed by atoms with Crippen molar-refractivity contribution in [1.82, 2.24) is 14.7 Å². The molecule has 1 N–H and O–H groups in total. The van der Waals surface area contributed by atoms with Crippen molar-refractivity contribution in [3.8, 4) is 0 Å². The molecular weight excluding hydrogens is 314 g/mol. The van der Waals surface area contributed by atoms with Crippen molar-refractivity contribution in [2.45, 2.75) is 77.0 Å². The first-order valence-electron chi connectivity index (χ1n) is 10.2. The molecule has 0 aromatic heterocycles. The second-order valence-electron chi connectivity index (χ2n) is 8.08. The third-order valence-corrected chi connectivity index (χ3v) is 5.77. The van der Waals surface area contributed by atoms with Crippen LogP contribution in [-0.2, 0) is 4.79 Å². The molecule has 2 fully saturated rings. The Morgan fingerprint density at radius 2 is 2.16 bits per heavy atom. The van der Waals surface area contributed by atoms with Crippen LogP contribution in [0.2, 0.25) is 0 Å². The fourth-order valence-corrected chi connectivity index (χ4v) is 4.31. The highest BCUT2D eigenvalue weighted by Crippen LogP contribution is 2.34. The van der Waals surface area contributed by atoms with E-state index in [1.165, 1.54) is 31.4 Å². The van der Waals surface area contributed by atoms with Gasteiger partial charge in [-0.25, -0.2) is 0 Å². The lowest BCUT2D eigenvalue weighted by Crippen LogP contribution is -2.56. The SMILES string of the molecule is CC[C@@H]1CN(CC(=O)N(C2=CCCCC2)C2CC2)CCN1C[C@H](C)O. The van der Waals surface area contributed by atoms with Gasteiger partial charge in [-0.2, -0.15) is 0 Å². The van der Waals surface area contributed by atoms with Gasteiger partial charge in [-0.3, -0.25) is 14.6 Å². The van der Waals surface area contributed by atoms with E-state index in [1.54, 1.807) is 0 Å². The summed E-state index contributed by atoms with van der Waals surface area (Å²) in [5.74, 6) is 0.300. The number of carbonyl (C=O) groups is 1. The zero-order chi connectivity index (χ0) is 17.8. The number of allylic oxidation sites excluding steroid dienone is 2. The molecule has 1 heterocycles. The van der Waals surface area contributed by atoms with Crippen molar-refractivity contribution in [3.05, 3.63) is 11.8 Å². The molecule has 0 aromatic carbocycles. The van der Waals surface area contributed by atoms with Gasteiger partial charge in [0.1, 0.15) is 0 Å². The van der Waals surface area contributed by atoms with Gasteiger partial charge in [0.05, 0.1) is 12.6 Å². The standard InChI is InChI=1S/C20H35N3O2/c1-3-17-14-21(11-12-22(17)13-16(2)24)15-20(25)23(19-9-10-19)18-7-5-4-6-8-18/h7,16-17,19,24H,3-6,8-15H2,1-2H3/t16-,17+/m0/s1. The monoisotopic (exact) mass is 349 g/mol. The van der Waals surface area contributed by atoms with Gasteiger partial charge in [-0.15, -0.1) is 0 Å². The van der Waals surface area contributed by atoms with E-state index < -0.39 is 0 Å². The molecule has 2 atom stereocenters. The minimum Gasteiger partial charge on any atom is -0.392 e. The van der Waals surface area contributed by atoms with Crippen molar-refractivity contribution in [1.29, 1.82) is 0 Å². The number of nitrogens with zero attached hydrogens (tertiary/aromatic N) is 3. The molecule has 142 valence electrons. The molecular formula is C20H35N3O2. The van der Waals surface area contributed by atoms with Crippen molar-refractivity contribution < 1.29 is 9.90 Å². The molecule has 1 amide bonds. The van der Waals surface area contributed by atoms with Gasteiger partial charge in [0, 0.05) is 44.0 Å². The first-order valence-corrected chi connectivity index (χ1v) is 10.2. The average molecular weight is 350 g/mol. The number of rotatable bonds is 7. The summed E-state index contributed by atoms with van der Waals surface area (Å²) in [6.07, 6.45) is 10.1. The largest absolute Gasteiger partial charge is 0.392 e. The average Bonchev–Trinajstić information content (AvgIpc) is 3.42. The van der Waals surface area contributed by atoms with Crippen molar-refractivity contribution in [2.75, 3.05) is 32.7 Å². The predicted molar refractivity (Wildman–Crippen MR) is 100 cm³/mol. The first-order chi connectivity index (χ1) is 12.1. The Bertz CT molecular complexity index is 487. The zero-order valence-corrected chi connectivity index (χ0v) is 16.0. The third kappa shape index (κ3) is 5.05. The summed E-state index contributed by atoms with van der Waals surface area (Å²) in [6, 6.07) is 0.912. The lowest BCUT2D eigenvalue weighted by atomic mass is 10.0. The molecule has 3 aliphatic rings. The maximum absolute atomic E-state index is 13.0. The lowest BCUT2D eigenvalue weighted by Gasteiger charge is -2.42. The summed E-state index contributed by atoms with van der Waals surface area (Å²) < 4.78 is 0. The number of amides is 1. The fourth-order valence-electron chi connectivity index (χ4n) is 4.31. The van der Waals surface area contributed by atoms with Crippen molar-refractivity contribution >= 4 is 5.91 Å². The van der Waals surface area contributed by atoms with Gasteiger partial charge in [0.2, 0.25) is 5.91 Å². The Morgan fingerprint density at radius 1 is 1.36 bits per heavy atom. The van der Waals surface area contributed by atoms with Crippen LogP contribution in [0.3, 0.4) is 0 Å². The molecule has 0 bridgehead atoms. The van der Waals surface area contributed by atoms with Crippen LogP contribution in [0.4, 0.5) is 0 Å². The molecule has 3 rings (SSSR count). The third-order valence-electron chi connectivity index (χ3n) is 5.77. The van der Waals surface area contributed by atoms with Gasteiger partial charge in [0.15, 0.2) is 0 Å². The summed E-state index contributed by atoms with van der Waals surface area (Å²) in [7, 11) is 0. The maximum Gasteiger partial charge on any atom is 0.241 e. The number of aliphatic hydroxyl groups is 1. The van der Waals surface area contributed by atoms with Crippen LogP contribution in [0.5, 0.6) is 0 Å². The van der Waals surface area contributed by atoms with E-state index in [-0.39, 0.29) is 6.10 Å². The van der Waals surface area contributed by atoms with Gasteiger partial charge < -0.3 is 10.0 Å². The van der Waals surface area contributed by atoms with Crippen LogP contribution in [0, 0.1) is 0 Å². The summed E-state index contributed by atoms with van der Waals surface area (Å²) in [4.78, 5) is 19.9. The van der Waals surface area contributed by atoms with Gasteiger partial charge in [-0.05, 0) is 51.9 Å². The highest BCUT2D eigenvalue weighted by molar-refractivity contribution is 5.80. The number of hydrogen-bond donors (Lipinski definition) is 1. The molecule has 0 spiro atoms. The number of piperazine rings is 1. The van der Waals surface area contributed by atoms with Gasteiger partial charge >= 0.3 is 0 Å². The minimum atomic E-state index is -0.286. The van der Waals surface area contributed by atoms with E-state index >= 15 is 0 Å². The smallest absolute Gasteiger partial charge is 0.241 e. The van der Waals surface area contributed by atoms with Gasteiger partial charge in [0.25, 0.3) is 0 Å². The van der Waals surface area contributed by atoms with E-state index in [9.17, 15) is 9.90 Å². The Hall–Kier alpha value is -0.910. The molecule has 1 saturated carbocycles. The Kier molecular flexibility index (Phi) is 6.53. The molecule has 0 radical (unpaired) electrons. The van der Waals surface area contributed by atoms with E-state index in [2.05, 4.69) is 27.7 Å². The summed E-state index contributed by atoms with van der Waals surface area (Å²) in [6.45, 7) is 8.15. The van der Waals surface area contributed by atoms with Gasteiger partial charge in [-0.1, -0.05) is 13.0 Å². The van der Waals surface area contributed by atoms with Crippen LogP contribution in [0.25, 0.3) is 0 Å². The van der Waals surface area contributed by atoms with Crippen molar-refractivity contribution in [3.63, 3.8) is 0 Å². The molecule has 25 heavy (non-hydrogen) atoms. The van der Waals surface area contributed by atoms with E-state index in [0.29, 0.717) is 24.5 Å². The summed E-state index contributed by atoms with van der Waals surface area (Å²) in [5.41, 5.74) is 1.29. The second-order valence-corrected chi connectivity index (χ2v) is 8.08. The van der Waals surface area contributed by atoms with E-state index in [4.69, 9.17) is 0 Å². The Balaban J connectivity index is 1.57. The number of β-amino-alcohol motifs (C(OH)–C–C–N with tert-alkyl or cyclic N) is 1. The lowest BCUT2D eigenvalue weighted by molar-refractivity contribution is -0.132. The highest BCUT2D eigenvalue weighted by atomic mass is 16.3. The molecule has 2 aliphatic carbocycles. The molecule has 0 aromatic rings. The molecule has 1 saturated heterocycles. The molecule has 5 heteroatoms. The highest BCUT2D eigenvalue weighted by Gasteiger charge is 2.36. The normalized spacial score (nSPS) is 27.0. The quantitative estimate of drug-likeness (QED) is 0.765. The minimum absolute atomic E-state index is 0.286. The van der Waals surface area contributed by atoms with Crippen LogP contribution >= 0.6 is 0 Å². The topological polar surface area (TPSA) is 47.0 Å². The maximum atomic E-state index is 13.0.